The Kier molecular flexibility index (Phi) is 4.12. The van der Waals surface area contributed by atoms with E-state index in [1.165, 1.54) is 4.88 Å². The number of fused-ring (bicyclic) bond motifs is 2. The number of carbonyl (C=O) groups is 1. The largest absolute Gasteiger partial charge is 0.486 e. The Morgan fingerprint density at radius 1 is 1.33 bits per heavy atom. The third kappa shape index (κ3) is 2.97. The highest BCUT2D eigenvalue weighted by Gasteiger charge is 2.23. The summed E-state index contributed by atoms with van der Waals surface area (Å²) < 4.78 is 11.0. The number of carbonyl (C=O) groups excluding carboxylic acids is 1. The van der Waals surface area contributed by atoms with Gasteiger partial charge in [0.1, 0.15) is 19.8 Å². The average Bonchev–Trinajstić information content (AvgIpc) is 3.02. The molecular formula is C17H20N3O3S+. The van der Waals surface area contributed by atoms with E-state index in [-0.39, 0.29) is 5.91 Å². The molecule has 0 radical (unpaired) electrons. The molecule has 0 fully saturated rings. The maximum Gasteiger partial charge on any atom is 0.257 e. The van der Waals surface area contributed by atoms with Gasteiger partial charge in [-0.2, -0.15) is 0 Å². The predicted octanol–water partition coefficient (Wildman–Crippen LogP) is 1.13. The molecule has 1 amide bonds. The second kappa shape index (κ2) is 6.41. The number of quaternary nitrogens is 1. The number of nitrogens with one attached hydrogen (secondary N) is 2. The summed E-state index contributed by atoms with van der Waals surface area (Å²) in [5.41, 5.74) is 1.68. The van der Waals surface area contributed by atoms with Crippen LogP contribution in [0, 0.1) is 0 Å². The maximum absolute atomic E-state index is 12.5. The van der Waals surface area contributed by atoms with Gasteiger partial charge in [-0.15, -0.1) is 0 Å². The Balaban J connectivity index is 1.49. The second-order valence-electron chi connectivity index (χ2n) is 5.98. The minimum atomic E-state index is -0.169. The smallest absolute Gasteiger partial charge is 0.257 e. The summed E-state index contributed by atoms with van der Waals surface area (Å²) in [5, 5.41) is 3.60. The van der Waals surface area contributed by atoms with Crippen LogP contribution < -0.4 is 19.7 Å². The van der Waals surface area contributed by atoms with E-state index in [1.807, 2.05) is 0 Å². The predicted molar refractivity (Wildman–Crippen MR) is 91.3 cm³/mol. The summed E-state index contributed by atoms with van der Waals surface area (Å²) in [7, 11) is 0. The van der Waals surface area contributed by atoms with E-state index in [4.69, 9.17) is 9.47 Å². The third-order valence-electron chi connectivity index (χ3n) is 4.43. The zero-order valence-corrected chi connectivity index (χ0v) is 14.4. The number of likely N-dealkylation sites (N-methyl/N-ethyl adjacent to an activating group) is 1. The zero-order chi connectivity index (χ0) is 16.5. The van der Waals surface area contributed by atoms with Gasteiger partial charge in [-0.1, -0.05) is 11.3 Å². The van der Waals surface area contributed by atoms with Gasteiger partial charge in [0.15, 0.2) is 16.6 Å². The van der Waals surface area contributed by atoms with Crippen LogP contribution in [0.4, 0.5) is 5.13 Å². The summed E-state index contributed by atoms with van der Waals surface area (Å²) in [6.07, 6.45) is 0.981. The summed E-state index contributed by atoms with van der Waals surface area (Å²) in [6.45, 7) is 6.49. The number of hydrogen-bond acceptors (Lipinski definition) is 5. The first-order chi connectivity index (χ1) is 11.7. The van der Waals surface area contributed by atoms with Gasteiger partial charge in [-0.25, -0.2) is 4.98 Å². The monoisotopic (exact) mass is 346 g/mol. The number of benzene rings is 1. The minimum Gasteiger partial charge on any atom is -0.486 e. The van der Waals surface area contributed by atoms with Crippen LogP contribution in [0.25, 0.3) is 0 Å². The van der Waals surface area contributed by atoms with Crippen molar-refractivity contribution in [2.75, 3.05) is 31.6 Å². The molecule has 126 valence electrons. The molecule has 2 N–H and O–H groups in total. The van der Waals surface area contributed by atoms with E-state index in [2.05, 4.69) is 17.2 Å². The summed E-state index contributed by atoms with van der Waals surface area (Å²) in [6, 6.07) is 5.25. The van der Waals surface area contributed by atoms with E-state index in [9.17, 15) is 4.79 Å². The van der Waals surface area contributed by atoms with Gasteiger partial charge in [-0.3, -0.25) is 10.1 Å². The first kappa shape index (κ1) is 15.4. The maximum atomic E-state index is 12.5. The van der Waals surface area contributed by atoms with E-state index in [0.29, 0.717) is 35.4 Å². The van der Waals surface area contributed by atoms with E-state index in [0.717, 1.165) is 31.7 Å². The first-order valence-electron chi connectivity index (χ1n) is 8.26. The summed E-state index contributed by atoms with van der Waals surface area (Å²) >= 11 is 1.59. The zero-order valence-electron chi connectivity index (χ0n) is 13.6. The van der Waals surface area contributed by atoms with Crippen molar-refractivity contribution in [2.45, 2.75) is 19.9 Å². The molecule has 1 unspecified atom stereocenters. The van der Waals surface area contributed by atoms with Crippen molar-refractivity contribution >= 4 is 22.4 Å². The average molecular weight is 346 g/mol. The fraction of sp³-hybridized carbons (Fsp3) is 0.412. The third-order valence-corrected chi connectivity index (χ3v) is 5.44. The Morgan fingerprint density at radius 2 is 2.17 bits per heavy atom. The number of aromatic nitrogens is 1. The van der Waals surface area contributed by atoms with Crippen LogP contribution in [0.2, 0.25) is 0 Å². The van der Waals surface area contributed by atoms with E-state index < -0.39 is 0 Å². The van der Waals surface area contributed by atoms with E-state index >= 15 is 0 Å². The number of hydrogen-bond donors (Lipinski definition) is 2. The molecule has 2 aliphatic heterocycles. The van der Waals surface area contributed by atoms with Crippen LogP contribution >= 0.6 is 11.3 Å². The number of ether oxygens (including phenoxy) is 2. The number of amides is 1. The molecule has 0 aliphatic carbocycles. The van der Waals surface area contributed by atoms with Crippen molar-refractivity contribution in [3.8, 4) is 11.5 Å². The molecule has 7 heteroatoms. The molecule has 0 spiro atoms. The molecule has 1 aromatic heterocycles. The molecule has 1 atom stereocenters. The van der Waals surface area contributed by atoms with Crippen LogP contribution in [0.15, 0.2) is 18.2 Å². The van der Waals surface area contributed by atoms with Crippen molar-refractivity contribution in [3.63, 3.8) is 0 Å². The van der Waals surface area contributed by atoms with E-state index in [1.54, 1.807) is 34.4 Å². The van der Waals surface area contributed by atoms with Crippen LogP contribution in [-0.4, -0.2) is 37.2 Å². The van der Waals surface area contributed by atoms with Crippen molar-refractivity contribution in [2.24, 2.45) is 0 Å². The molecule has 24 heavy (non-hydrogen) atoms. The highest BCUT2D eigenvalue weighted by atomic mass is 32.1. The number of rotatable bonds is 3. The van der Waals surface area contributed by atoms with Crippen molar-refractivity contribution in [1.29, 1.82) is 0 Å². The SMILES string of the molecule is CC[NH+]1CCc2nc(NC(=O)c3ccc4c(c3)OCCO4)sc2C1. The Labute approximate surface area is 144 Å². The van der Waals surface area contributed by atoms with Gasteiger partial charge in [0.2, 0.25) is 0 Å². The van der Waals surface area contributed by atoms with Gasteiger partial charge in [0, 0.05) is 12.0 Å². The fourth-order valence-corrected chi connectivity index (χ4v) is 4.11. The minimum absolute atomic E-state index is 0.169. The lowest BCUT2D eigenvalue weighted by atomic mass is 10.2. The lowest BCUT2D eigenvalue weighted by Gasteiger charge is -2.20. The molecule has 0 bridgehead atoms. The second-order valence-corrected chi connectivity index (χ2v) is 7.07. The molecule has 3 heterocycles. The molecule has 0 saturated carbocycles. The van der Waals surface area contributed by atoms with Gasteiger partial charge >= 0.3 is 0 Å². The van der Waals surface area contributed by atoms with Gasteiger partial charge in [-0.05, 0) is 25.1 Å². The van der Waals surface area contributed by atoms with Gasteiger partial charge in [0.25, 0.3) is 5.91 Å². The van der Waals surface area contributed by atoms with Crippen LogP contribution in [0.5, 0.6) is 11.5 Å². The molecule has 0 saturated heterocycles. The number of nitrogens with zero attached hydrogens (tertiary/aromatic N) is 1. The van der Waals surface area contributed by atoms with Crippen molar-refractivity contribution in [1.82, 2.24) is 4.98 Å². The lowest BCUT2D eigenvalue weighted by molar-refractivity contribution is -0.913. The van der Waals surface area contributed by atoms with Crippen molar-refractivity contribution in [3.05, 3.63) is 34.3 Å². The van der Waals surface area contributed by atoms with Gasteiger partial charge in [0.05, 0.1) is 23.7 Å². The summed E-state index contributed by atoms with van der Waals surface area (Å²) in [5.74, 6) is 1.14. The molecule has 2 aliphatic rings. The lowest BCUT2D eigenvalue weighted by Crippen LogP contribution is -3.11. The molecule has 4 rings (SSSR count). The highest BCUT2D eigenvalue weighted by molar-refractivity contribution is 7.15. The first-order valence-corrected chi connectivity index (χ1v) is 9.07. The standard InChI is InChI=1S/C17H19N3O3S/c1-2-20-6-5-12-15(10-20)24-17(18-12)19-16(21)11-3-4-13-14(9-11)23-8-7-22-13/h3-4,9H,2,5-8,10H2,1H3,(H,18,19,21)/p+1. The molecule has 1 aromatic carbocycles. The van der Waals surface area contributed by atoms with Crippen molar-refractivity contribution < 1.29 is 19.2 Å². The number of thiazole rings is 1. The van der Waals surface area contributed by atoms with Gasteiger partial charge < -0.3 is 14.4 Å². The Bertz CT molecular complexity index is 774. The Morgan fingerprint density at radius 3 is 3.00 bits per heavy atom. The molecular weight excluding hydrogens is 326 g/mol. The fourth-order valence-electron chi connectivity index (χ4n) is 3.04. The highest BCUT2D eigenvalue weighted by Crippen LogP contribution is 2.31. The normalized spacial score (nSPS) is 18.8. The molecule has 6 nitrogen and oxygen atoms in total. The number of anilines is 1. The summed E-state index contributed by atoms with van der Waals surface area (Å²) in [4.78, 5) is 19.9. The van der Waals surface area contributed by atoms with Crippen LogP contribution in [-0.2, 0) is 13.0 Å². The molecule has 2 aromatic rings. The van der Waals surface area contributed by atoms with Crippen LogP contribution in [0.1, 0.15) is 27.9 Å². The topological polar surface area (TPSA) is 64.9 Å². The van der Waals surface area contributed by atoms with Crippen LogP contribution in [0.3, 0.4) is 0 Å². The quantitative estimate of drug-likeness (QED) is 0.874. The Hall–Kier alpha value is -2.12.